The molecule has 1 aromatic carbocycles. The average molecular weight is 438 g/mol. The highest BCUT2D eigenvalue weighted by molar-refractivity contribution is 9.10. The van der Waals surface area contributed by atoms with Crippen molar-refractivity contribution in [3.8, 4) is 22.8 Å². The van der Waals surface area contributed by atoms with Gasteiger partial charge in [0.05, 0.1) is 12.8 Å². The van der Waals surface area contributed by atoms with Gasteiger partial charge in [-0.2, -0.15) is 4.39 Å². The molecule has 6 nitrogen and oxygen atoms in total. The molecule has 0 amide bonds. The number of nitrogens with zero attached hydrogens (tertiary/aromatic N) is 3. The van der Waals surface area contributed by atoms with E-state index in [1.165, 1.54) is 49.2 Å². The lowest BCUT2D eigenvalue weighted by Crippen LogP contribution is -2.25. The van der Waals surface area contributed by atoms with Gasteiger partial charge in [0, 0.05) is 11.8 Å². The van der Waals surface area contributed by atoms with Crippen LogP contribution in [0.2, 0.25) is 0 Å². The van der Waals surface area contributed by atoms with Crippen molar-refractivity contribution in [1.29, 1.82) is 0 Å². The average Bonchev–Trinajstić information content (AvgIpc) is 2.98. The summed E-state index contributed by atoms with van der Waals surface area (Å²) in [7, 11) is 1.24. The zero-order valence-electron chi connectivity index (χ0n) is 14.3. The summed E-state index contributed by atoms with van der Waals surface area (Å²) in [5, 5.41) is 4.27. The summed E-state index contributed by atoms with van der Waals surface area (Å²) in [6, 6.07) is 8.68. The predicted molar refractivity (Wildman–Crippen MR) is 96.5 cm³/mol. The second-order valence-corrected chi connectivity index (χ2v) is 6.28. The number of aromatic nitrogens is 3. The SMILES string of the molecule is COC(=O)C(C)Oc1nn(-c2ccccc2F)c(-c2ccc(F)nc2)c1Br. The maximum absolute atomic E-state index is 14.4. The molecule has 0 fully saturated rings. The van der Waals surface area contributed by atoms with Gasteiger partial charge in [0.1, 0.15) is 16.0 Å². The molecule has 27 heavy (non-hydrogen) atoms. The van der Waals surface area contributed by atoms with Crippen LogP contribution >= 0.6 is 15.9 Å². The van der Waals surface area contributed by atoms with Crippen LogP contribution in [-0.4, -0.2) is 33.9 Å². The van der Waals surface area contributed by atoms with Gasteiger partial charge in [-0.05, 0) is 47.1 Å². The predicted octanol–water partition coefficient (Wildman–Crippen LogP) is 3.92. The van der Waals surface area contributed by atoms with E-state index in [9.17, 15) is 13.6 Å². The second-order valence-electron chi connectivity index (χ2n) is 5.48. The van der Waals surface area contributed by atoms with Gasteiger partial charge < -0.3 is 9.47 Å². The molecule has 2 heterocycles. The molecule has 0 saturated heterocycles. The standard InChI is InChI=1S/C18H14BrF2N3O3/c1-10(18(25)26-2)27-17-15(19)16(11-7-8-14(21)22-9-11)24(23-17)13-6-4-3-5-12(13)20/h3-10H,1-2H3. The van der Waals surface area contributed by atoms with Crippen molar-refractivity contribution in [2.45, 2.75) is 13.0 Å². The Morgan fingerprint density at radius 3 is 2.59 bits per heavy atom. The van der Waals surface area contributed by atoms with Crippen LogP contribution in [-0.2, 0) is 9.53 Å². The monoisotopic (exact) mass is 437 g/mol. The molecule has 1 unspecified atom stereocenters. The fourth-order valence-corrected chi connectivity index (χ4v) is 2.97. The molecule has 2 aromatic heterocycles. The minimum Gasteiger partial charge on any atom is -0.466 e. The highest BCUT2D eigenvalue weighted by atomic mass is 79.9. The molecule has 0 aliphatic heterocycles. The Labute approximate surface area is 161 Å². The number of carbonyl (C=O) groups is 1. The third kappa shape index (κ3) is 3.82. The van der Waals surface area contributed by atoms with Gasteiger partial charge in [-0.3, -0.25) is 0 Å². The second kappa shape index (κ2) is 7.83. The number of carbonyl (C=O) groups excluding carboxylic acids is 1. The Morgan fingerprint density at radius 1 is 1.22 bits per heavy atom. The van der Waals surface area contributed by atoms with Gasteiger partial charge in [-0.25, -0.2) is 18.9 Å². The number of esters is 1. The third-order valence-corrected chi connectivity index (χ3v) is 4.42. The van der Waals surface area contributed by atoms with E-state index >= 15 is 0 Å². The first kappa shape index (κ1) is 19.0. The Hall–Kier alpha value is -2.81. The molecule has 0 aliphatic rings. The molecule has 0 saturated carbocycles. The molecule has 9 heteroatoms. The first-order valence-electron chi connectivity index (χ1n) is 7.82. The van der Waals surface area contributed by atoms with Crippen molar-refractivity contribution in [2.24, 2.45) is 0 Å². The number of hydrogen-bond donors (Lipinski definition) is 0. The number of methoxy groups -OCH3 is 1. The highest BCUT2D eigenvalue weighted by Crippen LogP contribution is 2.38. The zero-order chi connectivity index (χ0) is 19.6. The molecule has 3 rings (SSSR count). The highest BCUT2D eigenvalue weighted by Gasteiger charge is 2.25. The van der Waals surface area contributed by atoms with Crippen LogP contribution in [0.25, 0.3) is 16.9 Å². The number of rotatable bonds is 5. The molecule has 140 valence electrons. The van der Waals surface area contributed by atoms with Crippen LogP contribution in [0.3, 0.4) is 0 Å². The van der Waals surface area contributed by atoms with Gasteiger partial charge in [-0.15, -0.1) is 5.10 Å². The summed E-state index contributed by atoms with van der Waals surface area (Å²) in [6.45, 7) is 1.50. The van der Waals surface area contributed by atoms with Crippen LogP contribution in [0.15, 0.2) is 47.1 Å². The summed E-state index contributed by atoms with van der Waals surface area (Å²) in [4.78, 5) is 15.3. The zero-order valence-corrected chi connectivity index (χ0v) is 15.9. The lowest BCUT2D eigenvalue weighted by molar-refractivity contribution is -0.148. The minimum atomic E-state index is -0.936. The fourth-order valence-electron chi connectivity index (χ4n) is 2.40. The fraction of sp³-hybridized carbons (Fsp3) is 0.167. The number of ether oxygens (including phenoxy) is 2. The molecule has 0 radical (unpaired) electrons. The molecule has 1 atom stereocenters. The maximum Gasteiger partial charge on any atom is 0.346 e. The van der Waals surface area contributed by atoms with Crippen molar-refractivity contribution in [2.75, 3.05) is 7.11 Å². The molecule has 0 aliphatic carbocycles. The smallest absolute Gasteiger partial charge is 0.346 e. The van der Waals surface area contributed by atoms with Gasteiger partial charge in [0.15, 0.2) is 6.10 Å². The first-order chi connectivity index (χ1) is 12.9. The van der Waals surface area contributed by atoms with E-state index in [2.05, 4.69) is 30.7 Å². The molecular weight excluding hydrogens is 424 g/mol. The van der Waals surface area contributed by atoms with Crippen LogP contribution in [0.1, 0.15) is 6.92 Å². The van der Waals surface area contributed by atoms with E-state index in [4.69, 9.17) is 4.74 Å². The number of halogens is 3. The molecule has 3 aromatic rings. The van der Waals surface area contributed by atoms with Crippen molar-refractivity contribution in [3.63, 3.8) is 0 Å². The summed E-state index contributed by atoms with van der Waals surface area (Å²) in [6.07, 6.45) is 0.358. The first-order valence-corrected chi connectivity index (χ1v) is 8.61. The molecule has 0 N–H and O–H groups in total. The quantitative estimate of drug-likeness (QED) is 0.447. The van der Waals surface area contributed by atoms with Crippen LogP contribution in [0.5, 0.6) is 5.88 Å². The van der Waals surface area contributed by atoms with Crippen LogP contribution < -0.4 is 4.74 Å². The summed E-state index contributed by atoms with van der Waals surface area (Å²) >= 11 is 3.37. The van der Waals surface area contributed by atoms with E-state index < -0.39 is 23.8 Å². The van der Waals surface area contributed by atoms with Crippen molar-refractivity contribution < 1.29 is 23.0 Å². The largest absolute Gasteiger partial charge is 0.466 e. The Morgan fingerprint density at radius 2 is 1.96 bits per heavy atom. The lowest BCUT2D eigenvalue weighted by atomic mass is 10.2. The Kier molecular flexibility index (Phi) is 5.50. The molecule has 0 bridgehead atoms. The van der Waals surface area contributed by atoms with Crippen molar-refractivity contribution in [1.82, 2.24) is 14.8 Å². The third-order valence-electron chi connectivity index (χ3n) is 3.70. The van der Waals surface area contributed by atoms with Crippen molar-refractivity contribution in [3.05, 3.63) is 58.8 Å². The van der Waals surface area contributed by atoms with E-state index in [1.807, 2.05) is 0 Å². The Bertz CT molecular complexity index is 976. The topological polar surface area (TPSA) is 66.2 Å². The summed E-state index contributed by atoms with van der Waals surface area (Å²) in [5.41, 5.74) is 1.01. The number of pyridine rings is 1. The molecule has 0 spiro atoms. The van der Waals surface area contributed by atoms with Gasteiger partial charge in [0.2, 0.25) is 11.8 Å². The van der Waals surface area contributed by atoms with Gasteiger partial charge in [0.25, 0.3) is 0 Å². The van der Waals surface area contributed by atoms with E-state index in [0.717, 1.165) is 0 Å². The lowest BCUT2D eigenvalue weighted by Gasteiger charge is -2.10. The molecular formula is C18H14BrF2N3O3. The van der Waals surface area contributed by atoms with Crippen LogP contribution in [0, 0.1) is 11.8 Å². The van der Waals surface area contributed by atoms with E-state index in [-0.39, 0.29) is 11.6 Å². The van der Waals surface area contributed by atoms with Crippen LogP contribution in [0.4, 0.5) is 8.78 Å². The number of hydrogen-bond acceptors (Lipinski definition) is 5. The number of benzene rings is 1. The van der Waals surface area contributed by atoms with Crippen molar-refractivity contribution >= 4 is 21.9 Å². The van der Waals surface area contributed by atoms with E-state index in [1.54, 1.807) is 12.1 Å². The normalized spacial score (nSPS) is 11.9. The maximum atomic E-state index is 14.4. The Balaban J connectivity index is 2.16. The van der Waals surface area contributed by atoms with Gasteiger partial charge in [-0.1, -0.05) is 12.1 Å². The number of para-hydroxylation sites is 1. The van der Waals surface area contributed by atoms with E-state index in [0.29, 0.717) is 15.7 Å². The summed E-state index contributed by atoms with van der Waals surface area (Å²) in [5.74, 6) is -1.71. The van der Waals surface area contributed by atoms with Gasteiger partial charge >= 0.3 is 5.97 Å². The summed E-state index contributed by atoms with van der Waals surface area (Å²) < 4.78 is 39.4. The minimum absolute atomic E-state index is 0.0514.